The Morgan fingerprint density at radius 2 is 1.17 bits per heavy atom. The third-order valence-electron chi connectivity index (χ3n) is 4.23. The van der Waals surface area contributed by atoms with Crippen molar-refractivity contribution in [2.24, 2.45) is 0 Å². The fourth-order valence-corrected chi connectivity index (χ4v) is 5.88. The first kappa shape index (κ1) is 18.3. The fraction of sp³-hybridized carbons (Fsp3) is 0.368. The van der Waals surface area contributed by atoms with Gasteiger partial charge in [-0.1, -0.05) is 0 Å². The SMILES string of the molecule is CCC(C)(C)[PH](Br)(Oc1ccc(C)cc1)Oc1ccc(C)cc1. The van der Waals surface area contributed by atoms with Crippen LogP contribution >= 0.6 is 21.9 Å². The predicted octanol–water partition coefficient (Wildman–Crippen LogP) is 6.84. The van der Waals surface area contributed by atoms with Gasteiger partial charge in [0.2, 0.25) is 0 Å². The van der Waals surface area contributed by atoms with Crippen LogP contribution < -0.4 is 9.05 Å². The summed E-state index contributed by atoms with van der Waals surface area (Å²) in [5.41, 5.74) is 2.43. The van der Waals surface area contributed by atoms with Crippen molar-refractivity contribution in [3.8, 4) is 11.5 Å². The summed E-state index contributed by atoms with van der Waals surface area (Å²) in [5, 5.41) is -0.0945. The van der Waals surface area contributed by atoms with Crippen molar-refractivity contribution in [3.63, 3.8) is 0 Å². The maximum atomic E-state index is 6.38. The number of rotatable bonds is 6. The van der Waals surface area contributed by atoms with Crippen LogP contribution in [0.2, 0.25) is 0 Å². The molecule has 0 aliphatic heterocycles. The van der Waals surface area contributed by atoms with Gasteiger partial charge in [0.25, 0.3) is 0 Å². The van der Waals surface area contributed by atoms with Gasteiger partial charge in [0.15, 0.2) is 0 Å². The summed E-state index contributed by atoms with van der Waals surface area (Å²) in [5.74, 6) is 1.68. The fourth-order valence-electron chi connectivity index (χ4n) is 2.02. The molecule has 126 valence electrons. The van der Waals surface area contributed by atoms with Crippen molar-refractivity contribution in [2.75, 3.05) is 0 Å². The molecule has 2 nitrogen and oxygen atoms in total. The molecule has 2 aromatic rings. The molecule has 2 rings (SSSR count). The zero-order valence-electron chi connectivity index (χ0n) is 14.5. The zero-order chi connectivity index (χ0) is 17.1. The Kier molecular flexibility index (Phi) is 5.75. The van der Waals surface area contributed by atoms with Crippen molar-refractivity contribution in [1.29, 1.82) is 0 Å². The van der Waals surface area contributed by atoms with E-state index in [-0.39, 0.29) is 5.16 Å². The van der Waals surface area contributed by atoms with Crippen LogP contribution in [0.15, 0.2) is 48.5 Å². The molecule has 0 saturated heterocycles. The molecule has 0 radical (unpaired) electrons. The molecule has 2 aromatic carbocycles. The molecule has 0 fully saturated rings. The Labute approximate surface area is 148 Å². The van der Waals surface area contributed by atoms with Gasteiger partial charge < -0.3 is 0 Å². The van der Waals surface area contributed by atoms with E-state index in [1.54, 1.807) is 0 Å². The molecule has 0 heterocycles. The van der Waals surface area contributed by atoms with E-state index in [4.69, 9.17) is 9.05 Å². The van der Waals surface area contributed by atoms with Crippen LogP contribution in [0.1, 0.15) is 38.3 Å². The van der Waals surface area contributed by atoms with Gasteiger partial charge in [0, 0.05) is 0 Å². The molecule has 0 aliphatic rings. The second kappa shape index (κ2) is 7.23. The number of halogens is 1. The Bertz CT molecular complexity index is 588. The third kappa shape index (κ3) is 4.49. The van der Waals surface area contributed by atoms with Crippen LogP contribution in [-0.2, 0) is 0 Å². The Balaban J connectivity index is 2.31. The van der Waals surface area contributed by atoms with E-state index < -0.39 is 6.42 Å². The molecule has 0 N–H and O–H groups in total. The summed E-state index contributed by atoms with van der Waals surface area (Å²) in [4.78, 5) is 0. The van der Waals surface area contributed by atoms with E-state index in [0.717, 1.165) is 17.9 Å². The molecule has 0 atom stereocenters. The van der Waals surface area contributed by atoms with Gasteiger partial charge in [-0.15, -0.1) is 0 Å². The van der Waals surface area contributed by atoms with Crippen molar-refractivity contribution >= 4 is 21.9 Å². The summed E-state index contributed by atoms with van der Waals surface area (Å²) >= 11 is 3.87. The maximum absolute atomic E-state index is 6.38. The summed E-state index contributed by atoms with van der Waals surface area (Å²) in [6.45, 7) is 10.7. The van der Waals surface area contributed by atoms with E-state index in [2.05, 4.69) is 74.4 Å². The van der Waals surface area contributed by atoms with Gasteiger partial charge in [0.05, 0.1) is 0 Å². The first-order valence-electron chi connectivity index (χ1n) is 7.96. The Morgan fingerprint density at radius 1 is 0.826 bits per heavy atom. The van der Waals surface area contributed by atoms with E-state index in [1.807, 2.05) is 24.3 Å². The molecule has 4 heteroatoms. The third-order valence-corrected chi connectivity index (χ3v) is 11.4. The molecule has 0 saturated carbocycles. The first-order chi connectivity index (χ1) is 10.8. The number of benzene rings is 2. The average Bonchev–Trinajstić information content (AvgIpc) is 2.52. The number of hydrogen-bond donors (Lipinski definition) is 0. The second-order valence-corrected chi connectivity index (χ2v) is 12.6. The van der Waals surface area contributed by atoms with Gasteiger partial charge in [-0.3, -0.25) is 0 Å². The van der Waals surface area contributed by atoms with Gasteiger partial charge >= 0.3 is 148 Å². The zero-order valence-corrected chi connectivity index (χ0v) is 17.1. The van der Waals surface area contributed by atoms with Crippen LogP contribution in [0.25, 0.3) is 0 Å². The van der Waals surface area contributed by atoms with Crippen molar-refractivity contribution in [2.45, 2.75) is 46.2 Å². The molecule has 0 spiro atoms. The molecule has 0 aliphatic carbocycles. The molecule has 0 aromatic heterocycles. The van der Waals surface area contributed by atoms with Crippen molar-refractivity contribution in [3.05, 3.63) is 59.7 Å². The van der Waals surface area contributed by atoms with Gasteiger partial charge in [-0.05, 0) is 0 Å². The summed E-state index contributed by atoms with van der Waals surface area (Å²) < 4.78 is 12.8. The van der Waals surface area contributed by atoms with Crippen LogP contribution in [0, 0.1) is 13.8 Å². The quantitative estimate of drug-likeness (QED) is 0.497. The first-order valence-corrected chi connectivity index (χ1v) is 12.0. The minimum atomic E-state index is -2.68. The van der Waals surface area contributed by atoms with Crippen LogP contribution in [0.5, 0.6) is 11.5 Å². The molecular weight excluding hydrogens is 371 g/mol. The second-order valence-electron chi connectivity index (χ2n) is 6.60. The standard InChI is InChI=1S/C19H26BrO2P/c1-6-19(4,5)23(20,21-17-11-7-15(2)8-12-17)22-18-13-9-16(3)10-14-18/h7-14,23H,6H2,1-5H3. The predicted molar refractivity (Wildman–Crippen MR) is 105 cm³/mol. The van der Waals surface area contributed by atoms with Crippen molar-refractivity contribution in [1.82, 2.24) is 0 Å². The average molecular weight is 397 g/mol. The number of hydrogen-bond acceptors (Lipinski definition) is 2. The molecular formula is C19H26BrO2P. The monoisotopic (exact) mass is 396 g/mol. The van der Waals surface area contributed by atoms with E-state index in [1.165, 1.54) is 11.1 Å². The van der Waals surface area contributed by atoms with Crippen molar-refractivity contribution < 1.29 is 9.05 Å². The summed E-state index contributed by atoms with van der Waals surface area (Å²) in [7, 11) is 0. The Morgan fingerprint density at radius 3 is 1.48 bits per heavy atom. The summed E-state index contributed by atoms with van der Waals surface area (Å²) in [6.07, 6.45) is -1.72. The topological polar surface area (TPSA) is 18.5 Å². The molecule has 23 heavy (non-hydrogen) atoms. The number of aryl methyl sites for hydroxylation is 2. The van der Waals surface area contributed by atoms with Gasteiger partial charge in [-0.2, -0.15) is 0 Å². The normalized spacial score (nSPS) is 12.8. The molecule has 0 unspecified atom stereocenters. The van der Waals surface area contributed by atoms with E-state index in [0.29, 0.717) is 0 Å². The van der Waals surface area contributed by atoms with Crippen LogP contribution in [-0.4, -0.2) is 5.16 Å². The molecule has 0 bridgehead atoms. The van der Waals surface area contributed by atoms with Crippen LogP contribution in [0.3, 0.4) is 0 Å². The van der Waals surface area contributed by atoms with Crippen LogP contribution in [0.4, 0.5) is 0 Å². The van der Waals surface area contributed by atoms with E-state index >= 15 is 0 Å². The minimum absolute atomic E-state index is 0.0945. The molecule has 0 amide bonds. The van der Waals surface area contributed by atoms with Gasteiger partial charge in [-0.25, -0.2) is 0 Å². The Hall–Kier alpha value is -1.05. The van der Waals surface area contributed by atoms with E-state index in [9.17, 15) is 0 Å². The van der Waals surface area contributed by atoms with Gasteiger partial charge in [0.1, 0.15) is 0 Å². The summed E-state index contributed by atoms with van der Waals surface area (Å²) in [6, 6.07) is 16.2.